The first-order valence-electron chi connectivity index (χ1n) is 11.9. The van der Waals surface area contributed by atoms with Crippen LogP contribution in [0.3, 0.4) is 0 Å². The number of aryl methyl sites for hydroxylation is 1. The average molecular weight is 522 g/mol. The molecule has 3 nitrogen and oxygen atoms in total. The van der Waals surface area contributed by atoms with Gasteiger partial charge in [0.25, 0.3) is 0 Å². The zero-order chi connectivity index (χ0) is 23.8. The number of hydrogen-bond donors (Lipinski definition) is 1. The van der Waals surface area contributed by atoms with E-state index in [2.05, 4.69) is 45.5 Å². The first kappa shape index (κ1) is 21.9. The fourth-order valence-electron chi connectivity index (χ4n) is 5.09. The van der Waals surface area contributed by atoms with E-state index in [0.717, 1.165) is 46.3 Å². The topological polar surface area (TPSA) is 38.3 Å². The number of ether oxygens (including phenoxy) is 1. The van der Waals surface area contributed by atoms with Gasteiger partial charge in [0, 0.05) is 39.3 Å². The summed E-state index contributed by atoms with van der Waals surface area (Å²) in [5.41, 5.74) is 6.78. The van der Waals surface area contributed by atoms with E-state index in [1.165, 1.54) is 11.3 Å². The third kappa shape index (κ3) is 4.08. The van der Waals surface area contributed by atoms with Crippen molar-refractivity contribution in [2.45, 2.75) is 18.8 Å². The summed E-state index contributed by atoms with van der Waals surface area (Å²) in [6.07, 6.45) is 2.13. The van der Waals surface area contributed by atoms with E-state index < -0.39 is 0 Å². The lowest BCUT2D eigenvalue weighted by molar-refractivity contribution is 0.102. The van der Waals surface area contributed by atoms with Gasteiger partial charge < -0.3 is 10.1 Å². The monoisotopic (exact) mass is 521 g/mol. The minimum Gasteiger partial charge on any atom is -0.456 e. The number of anilines is 1. The molecule has 0 aromatic heterocycles. The van der Waals surface area contributed by atoms with E-state index in [-0.39, 0.29) is 11.7 Å². The summed E-state index contributed by atoms with van der Waals surface area (Å²) in [6.45, 7) is 0.995. The molecule has 0 saturated heterocycles. The molecule has 0 spiro atoms. The van der Waals surface area contributed by atoms with Crippen LogP contribution in [0.5, 0.6) is 5.75 Å². The predicted molar refractivity (Wildman–Crippen MR) is 144 cm³/mol. The number of fused-ring (bicyclic) bond motifs is 2. The van der Waals surface area contributed by atoms with Crippen LogP contribution in [-0.4, -0.2) is 12.3 Å². The van der Waals surface area contributed by atoms with Crippen LogP contribution in [0.25, 0.3) is 5.76 Å². The molecule has 0 unspecified atom stereocenters. The van der Waals surface area contributed by atoms with Gasteiger partial charge in [-0.3, -0.25) is 4.79 Å². The van der Waals surface area contributed by atoms with Gasteiger partial charge >= 0.3 is 0 Å². The molecule has 0 aliphatic carbocycles. The lowest BCUT2D eigenvalue weighted by atomic mass is 9.77. The number of ketones is 1. The van der Waals surface area contributed by atoms with Crippen molar-refractivity contribution < 1.29 is 9.53 Å². The Hall–Kier alpha value is -3.63. The van der Waals surface area contributed by atoms with Gasteiger partial charge in [-0.2, -0.15) is 0 Å². The Labute approximate surface area is 213 Å². The van der Waals surface area contributed by atoms with E-state index in [9.17, 15) is 4.79 Å². The molecule has 2 heterocycles. The van der Waals surface area contributed by atoms with Crippen LogP contribution < -0.4 is 10.1 Å². The molecule has 6 rings (SSSR count). The largest absolute Gasteiger partial charge is 0.456 e. The van der Waals surface area contributed by atoms with Gasteiger partial charge in [-0.05, 0) is 48.2 Å². The molecule has 4 aromatic carbocycles. The molecule has 1 N–H and O–H groups in total. The maximum atomic E-state index is 14.2. The fraction of sp³-hybridized carbons (Fsp3) is 0.129. The Morgan fingerprint density at radius 1 is 0.886 bits per heavy atom. The maximum Gasteiger partial charge on any atom is 0.193 e. The molecular weight excluding hydrogens is 498 g/mol. The van der Waals surface area contributed by atoms with Crippen molar-refractivity contribution in [2.24, 2.45) is 0 Å². The summed E-state index contributed by atoms with van der Waals surface area (Å²) >= 11 is 3.65. The molecule has 35 heavy (non-hydrogen) atoms. The summed E-state index contributed by atoms with van der Waals surface area (Å²) in [7, 11) is 0. The summed E-state index contributed by atoms with van der Waals surface area (Å²) < 4.78 is 7.48. The second kappa shape index (κ2) is 9.20. The minimum absolute atomic E-state index is 0.0177. The Morgan fingerprint density at radius 2 is 1.66 bits per heavy atom. The summed E-state index contributed by atoms with van der Waals surface area (Å²) in [5, 5.41) is 3.50. The highest BCUT2D eigenvalue weighted by atomic mass is 79.9. The van der Waals surface area contributed by atoms with E-state index in [4.69, 9.17) is 4.74 Å². The highest BCUT2D eigenvalue weighted by Crippen LogP contribution is 2.48. The number of carbonyl (C=O) groups is 1. The number of rotatable bonds is 4. The minimum atomic E-state index is -0.258. The number of Topliss-reactive ketones (excluding diaryl/α,β-unsaturated/α-hetero) is 1. The average Bonchev–Trinajstić information content (AvgIpc) is 2.92. The van der Waals surface area contributed by atoms with E-state index >= 15 is 0 Å². The van der Waals surface area contributed by atoms with Crippen LogP contribution in [0.1, 0.15) is 45.0 Å². The number of carbonyl (C=O) groups excluding carboxylic acids is 1. The second-order valence-corrected chi connectivity index (χ2v) is 9.88. The Kier molecular flexibility index (Phi) is 5.75. The first-order chi connectivity index (χ1) is 17.2. The second-order valence-electron chi connectivity index (χ2n) is 8.97. The van der Waals surface area contributed by atoms with Crippen LogP contribution in [0.2, 0.25) is 0 Å². The zero-order valence-electron chi connectivity index (χ0n) is 19.1. The van der Waals surface area contributed by atoms with Crippen LogP contribution in [0.15, 0.2) is 107 Å². The smallest absolute Gasteiger partial charge is 0.193 e. The van der Waals surface area contributed by atoms with E-state index in [0.29, 0.717) is 16.9 Å². The standard InChI is InChI=1S/C31H24BrNO2/c32-24-14-16-27-25(19-24)28(23-13-15-26-22(18-23)12-7-17-33-26)29(30(34)20-8-3-1-4-9-20)31(35-27)21-10-5-2-6-11-21/h1-6,8-11,13-16,18-19,28,33H,7,12,17H2/t28-/m1/s1. The van der Waals surface area contributed by atoms with Gasteiger partial charge in [-0.25, -0.2) is 0 Å². The van der Waals surface area contributed by atoms with Crippen molar-refractivity contribution in [1.82, 2.24) is 0 Å². The summed E-state index contributed by atoms with van der Waals surface area (Å²) in [4.78, 5) is 14.2. The number of halogens is 1. The van der Waals surface area contributed by atoms with Crippen LogP contribution >= 0.6 is 15.9 Å². The van der Waals surface area contributed by atoms with E-state index in [1.54, 1.807) is 0 Å². The van der Waals surface area contributed by atoms with Crippen molar-refractivity contribution in [3.05, 3.63) is 135 Å². The molecule has 4 aromatic rings. The third-order valence-corrected chi connectivity index (χ3v) is 7.24. The molecule has 4 heteroatoms. The van der Waals surface area contributed by atoms with Gasteiger partial charge in [0.2, 0.25) is 0 Å². The van der Waals surface area contributed by atoms with Gasteiger partial charge in [0.15, 0.2) is 5.78 Å². The number of benzene rings is 4. The summed E-state index contributed by atoms with van der Waals surface area (Å²) in [5.74, 6) is 1.12. The maximum absolute atomic E-state index is 14.2. The highest BCUT2D eigenvalue weighted by molar-refractivity contribution is 9.10. The zero-order valence-corrected chi connectivity index (χ0v) is 20.7. The molecule has 172 valence electrons. The van der Waals surface area contributed by atoms with Crippen molar-refractivity contribution in [3.8, 4) is 5.75 Å². The Bertz CT molecular complexity index is 1440. The molecular formula is C31H24BrNO2. The lowest BCUT2D eigenvalue weighted by Gasteiger charge is -2.32. The van der Waals surface area contributed by atoms with Crippen LogP contribution in [-0.2, 0) is 6.42 Å². The third-order valence-electron chi connectivity index (χ3n) is 6.75. The first-order valence-corrected chi connectivity index (χ1v) is 12.7. The number of nitrogens with one attached hydrogen (secondary N) is 1. The van der Waals surface area contributed by atoms with Crippen LogP contribution in [0, 0.1) is 0 Å². The normalized spacial score (nSPS) is 16.5. The number of allylic oxidation sites excluding steroid dienone is 1. The van der Waals surface area contributed by atoms with Crippen molar-refractivity contribution >= 4 is 33.2 Å². The van der Waals surface area contributed by atoms with Crippen molar-refractivity contribution in [2.75, 3.05) is 11.9 Å². The summed E-state index contributed by atoms with van der Waals surface area (Å²) in [6, 6.07) is 32.1. The van der Waals surface area contributed by atoms with Crippen molar-refractivity contribution in [3.63, 3.8) is 0 Å². The molecule has 1 atom stereocenters. The van der Waals surface area contributed by atoms with E-state index in [1.807, 2.05) is 72.8 Å². The lowest BCUT2D eigenvalue weighted by Crippen LogP contribution is -2.23. The molecule has 0 bridgehead atoms. The molecule has 0 amide bonds. The SMILES string of the molecule is O=C(C1=C(c2ccccc2)Oc2ccc(Br)cc2[C@H]1c1ccc2c(c1)CCCN2)c1ccccc1. The predicted octanol–water partition coefficient (Wildman–Crippen LogP) is 7.63. The highest BCUT2D eigenvalue weighted by Gasteiger charge is 2.36. The van der Waals surface area contributed by atoms with Crippen molar-refractivity contribution in [1.29, 1.82) is 0 Å². The molecule has 2 aliphatic rings. The van der Waals surface area contributed by atoms with Gasteiger partial charge in [0.05, 0.1) is 5.57 Å². The van der Waals surface area contributed by atoms with Crippen LogP contribution in [0.4, 0.5) is 5.69 Å². The molecule has 0 saturated carbocycles. The number of hydrogen-bond acceptors (Lipinski definition) is 3. The quantitative estimate of drug-likeness (QED) is 0.280. The van der Waals surface area contributed by atoms with Gasteiger partial charge in [-0.15, -0.1) is 0 Å². The van der Waals surface area contributed by atoms with Gasteiger partial charge in [-0.1, -0.05) is 88.7 Å². The Balaban J connectivity index is 1.62. The fourth-order valence-corrected chi connectivity index (χ4v) is 5.47. The Morgan fingerprint density at radius 3 is 2.46 bits per heavy atom. The van der Waals surface area contributed by atoms with Gasteiger partial charge in [0.1, 0.15) is 11.5 Å². The molecule has 0 radical (unpaired) electrons. The molecule has 0 fully saturated rings. The molecule has 2 aliphatic heterocycles.